The van der Waals surface area contributed by atoms with Crippen LogP contribution in [-0.4, -0.2) is 54.2 Å². The summed E-state index contributed by atoms with van der Waals surface area (Å²) in [4.78, 5) is 17.5. The molecule has 4 rings (SSSR count). The normalized spacial score (nSPS) is 14.8. The van der Waals surface area contributed by atoms with Gasteiger partial charge in [-0.2, -0.15) is 11.8 Å². The minimum atomic E-state index is 0.0105. The third-order valence-corrected chi connectivity index (χ3v) is 7.01. The lowest BCUT2D eigenvalue weighted by Crippen LogP contribution is -2.45. The van der Waals surface area contributed by atoms with E-state index in [1.54, 1.807) is 0 Å². The molecule has 3 aromatic rings. The van der Waals surface area contributed by atoms with Gasteiger partial charge in [-0.1, -0.05) is 72.8 Å². The molecule has 1 saturated heterocycles. The molecule has 0 atom stereocenters. The van der Waals surface area contributed by atoms with Crippen molar-refractivity contribution in [1.82, 2.24) is 15.1 Å². The number of thioether (sulfide) groups is 1. The van der Waals surface area contributed by atoms with Gasteiger partial charge in [0, 0.05) is 62.9 Å². The van der Waals surface area contributed by atoms with E-state index in [0.717, 1.165) is 56.3 Å². The maximum Gasteiger partial charge on any atom is 0.251 e. The van der Waals surface area contributed by atoms with Crippen LogP contribution in [0.2, 0.25) is 0 Å². The van der Waals surface area contributed by atoms with Crippen LogP contribution in [0.4, 0.5) is 0 Å². The van der Waals surface area contributed by atoms with Crippen molar-refractivity contribution in [2.24, 2.45) is 0 Å². The number of rotatable bonds is 10. The van der Waals surface area contributed by atoms with Gasteiger partial charge in [-0.05, 0) is 28.8 Å². The molecule has 5 heteroatoms. The van der Waals surface area contributed by atoms with E-state index in [2.05, 4.69) is 81.8 Å². The van der Waals surface area contributed by atoms with Crippen molar-refractivity contribution in [2.75, 3.05) is 38.5 Å². The lowest BCUT2D eigenvalue weighted by Gasteiger charge is -2.34. The van der Waals surface area contributed by atoms with Gasteiger partial charge in [0.05, 0.1) is 0 Å². The van der Waals surface area contributed by atoms with E-state index in [-0.39, 0.29) is 5.91 Å². The van der Waals surface area contributed by atoms with E-state index in [1.807, 2.05) is 30.0 Å². The summed E-state index contributed by atoms with van der Waals surface area (Å²) in [5.41, 5.74) is 4.71. The van der Waals surface area contributed by atoms with Gasteiger partial charge in [0.25, 0.3) is 5.91 Å². The van der Waals surface area contributed by atoms with Gasteiger partial charge in [-0.25, -0.2) is 0 Å². The molecule has 0 saturated carbocycles. The Morgan fingerprint density at radius 2 is 1.21 bits per heavy atom. The van der Waals surface area contributed by atoms with Crippen LogP contribution in [0.1, 0.15) is 27.0 Å². The zero-order valence-corrected chi connectivity index (χ0v) is 20.0. The number of hydrogen-bond donors (Lipinski definition) is 1. The van der Waals surface area contributed by atoms with E-state index in [9.17, 15) is 4.79 Å². The quantitative estimate of drug-likeness (QED) is 0.447. The summed E-state index contributed by atoms with van der Waals surface area (Å²) in [5.74, 6) is 1.90. The summed E-state index contributed by atoms with van der Waals surface area (Å²) in [6, 6.07) is 29.2. The molecule has 0 spiro atoms. The van der Waals surface area contributed by atoms with Gasteiger partial charge >= 0.3 is 0 Å². The van der Waals surface area contributed by atoms with Crippen LogP contribution in [0.25, 0.3) is 0 Å². The lowest BCUT2D eigenvalue weighted by atomic mass is 10.1. The zero-order chi connectivity index (χ0) is 22.7. The summed E-state index contributed by atoms with van der Waals surface area (Å²) in [6.45, 7) is 7.01. The molecule has 0 aliphatic carbocycles. The second-order valence-corrected chi connectivity index (χ2v) is 9.63. The van der Waals surface area contributed by atoms with Crippen molar-refractivity contribution >= 4 is 17.7 Å². The van der Waals surface area contributed by atoms with Crippen LogP contribution in [-0.2, 0) is 18.8 Å². The Morgan fingerprint density at radius 1 is 0.697 bits per heavy atom. The van der Waals surface area contributed by atoms with Gasteiger partial charge in [0.15, 0.2) is 0 Å². The highest BCUT2D eigenvalue weighted by Gasteiger charge is 2.17. The van der Waals surface area contributed by atoms with E-state index in [1.165, 1.54) is 16.7 Å². The highest BCUT2D eigenvalue weighted by Crippen LogP contribution is 2.13. The topological polar surface area (TPSA) is 35.6 Å². The molecule has 1 heterocycles. The van der Waals surface area contributed by atoms with Gasteiger partial charge < -0.3 is 5.32 Å². The predicted octanol–water partition coefficient (Wildman–Crippen LogP) is 4.67. The fraction of sp³-hybridized carbons (Fsp3) is 0.321. The minimum Gasteiger partial charge on any atom is -0.351 e. The highest BCUT2D eigenvalue weighted by atomic mass is 32.2. The monoisotopic (exact) mass is 459 g/mol. The Kier molecular flexibility index (Phi) is 8.99. The van der Waals surface area contributed by atoms with Crippen LogP contribution in [0, 0.1) is 0 Å². The molecule has 1 amide bonds. The minimum absolute atomic E-state index is 0.0105. The zero-order valence-electron chi connectivity index (χ0n) is 19.2. The average molecular weight is 460 g/mol. The number of amides is 1. The van der Waals surface area contributed by atoms with E-state index < -0.39 is 0 Å². The second-order valence-electron chi connectivity index (χ2n) is 8.53. The van der Waals surface area contributed by atoms with E-state index in [4.69, 9.17) is 0 Å². The van der Waals surface area contributed by atoms with Crippen LogP contribution >= 0.6 is 11.8 Å². The maximum atomic E-state index is 12.4. The van der Waals surface area contributed by atoms with Gasteiger partial charge in [-0.15, -0.1) is 0 Å². The first-order valence-corrected chi connectivity index (χ1v) is 12.9. The van der Waals surface area contributed by atoms with Crippen LogP contribution in [0.5, 0.6) is 0 Å². The molecule has 1 fully saturated rings. The van der Waals surface area contributed by atoms with Crippen LogP contribution < -0.4 is 5.32 Å². The summed E-state index contributed by atoms with van der Waals surface area (Å²) < 4.78 is 0. The molecule has 0 radical (unpaired) electrons. The SMILES string of the molecule is O=C(NCCSCc1ccccc1)c1ccc(CN2CCN(Cc3ccccc3)CC2)cc1. The Hall–Kier alpha value is -2.60. The average Bonchev–Trinajstić information content (AvgIpc) is 2.87. The Morgan fingerprint density at radius 3 is 1.79 bits per heavy atom. The first-order valence-electron chi connectivity index (χ1n) is 11.7. The van der Waals surface area contributed by atoms with Crippen molar-refractivity contribution in [3.8, 4) is 0 Å². The molecule has 1 aliphatic heterocycles. The van der Waals surface area contributed by atoms with E-state index in [0.29, 0.717) is 6.54 Å². The van der Waals surface area contributed by atoms with Crippen molar-refractivity contribution < 1.29 is 4.79 Å². The molecule has 0 aromatic heterocycles. The third kappa shape index (κ3) is 7.74. The summed E-state index contributed by atoms with van der Waals surface area (Å²) in [7, 11) is 0. The molecular formula is C28H33N3OS. The standard InChI is InChI=1S/C28H33N3OS/c32-28(29-15-20-33-23-26-9-5-2-6-10-26)27-13-11-25(12-14-27)22-31-18-16-30(17-19-31)21-24-7-3-1-4-8-24/h1-14H,15-23H2,(H,29,32). The number of nitrogens with zero attached hydrogens (tertiary/aromatic N) is 2. The largest absolute Gasteiger partial charge is 0.351 e. The van der Waals surface area contributed by atoms with Crippen molar-refractivity contribution in [2.45, 2.75) is 18.8 Å². The number of benzene rings is 3. The van der Waals surface area contributed by atoms with Crippen LogP contribution in [0.3, 0.4) is 0 Å². The smallest absolute Gasteiger partial charge is 0.251 e. The maximum absolute atomic E-state index is 12.4. The molecule has 33 heavy (non-hydrogen) atoms. The molecule has 4 nitrogen and oxygen atoms in total. The molecule has 1 aliphatic rings. The van der Waals surface area contributed by atoms with Gasteiger partial charge in [-0.3, -0.25) is 14.6 Å². The number of hydrogen-bond acceptors (Lipinski definition) is 4. The Balaban J connectivity index is 1.14. The summed E-state index contributed by atoms with van der Waals surface area (Å²) in [6.07, 6.45) is 0. The Labute approximate surface area is 202 Å². The lowest BCUT2D eigenvalue weighted by molar-refractivity contribution is 0.0956. The first kappa shape index (κ1) is 23.6. The first-order chi connectivity index (χ1) is 16.3. The molecule has 3 aromatic carbocycles. The third-order valence-electron chi connectivity index (χ3n) is 5.98. The number of piperazine rings is 1. The van der Waals surface area contributed by atoms with Gasteiger partial charge in [0.1, 0.15) is 0 Å². The predicted molar refractivity (Wildman–Crippen MR) is 138 cm³/mol. The van der Waals surface area contributed by atoms with Crippen molar-refractivity contribution in [3.05, 3.63) is 107 Å². The molecular weight excluding hydrogens is 426 g/mol. The number of carbonyl (C=O) groups excluding carboxylic acids is 1. The van der Waals surface area contributed by atoms with Gasteiger partial charge in [0.2, 0.25) is 0 Å². The number of nitrogens with one attached hydrogen (secondary N) is 1. The van der Waals surface area contributed by atoms with Crippen LogP contribution in [0.15, 0.2) is 84.9 Å². The van der Waals surface area contributed by atoms with Crippen molar-refractivity contribution in [1.29, 1.82) is 0 Å². The molecule has 172 valence electrons. The summed E-state index contributed by atoms with van der Waals surface area (Å²) >= 11 is 1.84. The molecule has 0 bridgehead atoms. The molecule has 1 N–H and O–H groups in total. The number of carbonyl (C=O) groups is 1. The summed E-state index contributed by atoms with van der Waals surface area (Å²) in [5, 5.41) is 3.04. The second kappa shape index (κ2) is 12.6. The fourth-order valence-corrected chi connectivity index (χ4v) is 4.89. The fourth-order valence-electron chi connectivity index (χ4n) is 4.07. The van der Waals surface area contributed by atoms with E-state index >= 15 is 0 Å². The Bertz CT molecular complexity index is 971. The highest BCUT2D eigenvalue weighted by molar-refractivity contribution is 7.98. The van der Waals surface area contributed by atoms with Crippen molar-refractivity contribution in [3.63, 3.8) is 0 Å². The molecule has 0 unspecified atom stereocenters.